The van der Waals surface area contributed by atoms with Crippen molar-refractivity contribution in [3.63, 3.8) is 0 Å². The van der Waals surface area contributed by atoms with Crippen LogP contribution < -0.4 is 5.32 Å². The molecule has 0 radical (unpaired) electrons. The van der Waals surface area contributed by atoms with Crippen molar-refractivity contribution in [1.29, 1.82) is 0 Å². The zero-order valence-electron chi connectivity index (χ0n) is 15.2. The molecule has 0 spiro atoms. The van der Waals surface area contributed by atoms with Crippen LogP contribution in [0.25, 0.3) is 10.2 Å². The lowest BCUT2D eigenvalue weighted by molar-refractivity contribution is -0.113. The molecular formula is C20H20BrN3OS2. The number of anilines is 1. The highest BCUT2D eigenvalue weighted by Crippen LogP contribution is 2.40. The van der Waals surface area contributed by atoms with Gasteiger partial charge in [0.05, 0.1) is 11.4 Å². The molecule has 0 aliphatic heterocycles. The molecule has 0 saturated heterocycles. The Kier molecular flexibility index (Phi) is 5.53. The summed E-state index contributed by atoms with van der Waals surface area (Å²) in [5.74, 6) is 1.79. The minimum absolute atomic E-state index is 0.0333. The van der Waals surface area contributed by atoms with Crippen molar-refractivity contribution in [2.24, 2.45) is 5.92 Å². The van der Waals surface area contributed by atoms with Crippen LogP contribution in [-0.4, -0.2) is 21.6 Å². The molecule has 4 rings (SSSR count). The minimum atomic E-state index is -0.0333. The lowest BCUT2D eigenvalue weighted by Crippen LogP contribution is -2.14. The molecule has 1 N–H and O–H groups in total. The monoisotopic (exact) mass is 461 g/mol. The Morgan fingerprint density at radius 2 is 2.19 bits per heavy atom. The van der Waals surface area contributed by atoms with E-state index < -0.39 is 0 Å². The molecule has 27 heavy (non-hydrogen) atoms. The van der Waals surface area contributed by atoms with Crippen LogP contribution in [0, 0.1) is 12.8 Å². The predicted octanol–water partition coefficient (Wildman–Crippen LogP) is 5.62. The fourth-order valence-electron chi connectivity index (χ4n) is 3.40. The van der Waals surface area contributed by atoms with Crippen molar-refractivity contribution >= 4 is 60.8 Å². The molecule has 2 aromatic heterocycles. The first-order valence-corrected chi connectivity index (χ1v) is 11.6. The van der Waals surface area contributed by atoms with Crippen LogP contribution in [0.2, 0.25) is 0 Å². The smallest absolute Gasteiger partial charge is 0.234 e. The van der Waals surface area contributed by atoms with E-state index in [1.165, 1.54) is 34.0 Å². The Bertz CT molecular complexity index is 1020. The van der Waals surface area contributed by atoms with E-state index in [1.807, 2.05) is 31.2 Å². The van der Waals surface area contributed by atoms with Crippen molar-refractivity contribution in [3.05, 3.63) is 45.0 Å². The van der Waals surface area contributed by atoms with Gasteiger partial charge in [0.15, 0.2) is 0 Å². The molecule has 1 aliphatic rings. The molecule has 7 heteroatoms. The standard InChI is InChI=1S/C20H20BrN3OS2/c1-11-7-8-13-16(9-11)27-20-18(13)19(22-12(2)23-20)26-10-17(25)24-15-6-4-3-5-14(15)21/h3-6,11H,7-10H2,1-2H3,(H,24,25)/t11-/m0/s1. The molecule has 1 aromatic carbocycles. The third-order valence-electron chi connectivity index (χ3n) is 4.72. The Hall–Kier alpha value is -1.44. The highest BCUT2D eigenvalue weighted by molar-refractivity contribution is 9.10. The first-order valence-electron chi connectivity index (χ1n) is 8.97. The third-order valence-corrected chi connectivity index (χ3v) is 7.54. The summed E-state index contributed by atoms with van der Waals surface area (Å²) in [5.41, 5.74) is 2.19. The van der Waals surface area contributed by atoms with Gasteiger partial charge in [-0.2, -0.15) is 0 Å². The van der Waals surface area contributed by atoms with Gasteiger partial charge in [-0.15, -0.1) is 11.3 Å². The number of hydrogen-bond acceptors (Lipinski definition) is 5. The largest absolute Gasteiger partial charge is 0.324 e. The highest BCUT2D eigenvalue weighted by Gasteiger charge is 2.24. The van der Waals surface area contributed by atoms with Crippen molar-refractivity contribution in [2.75, 3.05) is 11.1 Å². The number of halogens is 1. The lowest BCUT2D eigenvalue weighted by Gasteiger charge is -2.18. The summed E-state index contributed by atoms with van der Waals surface area (Å²) < 4.78 is 0.879. The number of nitrogens with one attached hydrogen (secondary N) is 1. The average Bonchev–Trinajstić information content (AvgIpc) is 2.98. The maximum atomic E-state index is 12.4. The van der Waals surface area contributed by atoms with Crippen molar-refractivity contribution < 1.29 is 4.79 Å². The molecule has 0 fully saturated rings. The number of aryl methyl sites for hydroxylation is 2. The van der Waals surface area contributed by atoms with Gasteiger partial charge >= 0.3 is 0 Å². The second-order valence-corrected chi connectivity index (χ2v) is 9.83. The number of benzene rings is 1. The van der Waals surface area contributed by atoms with E-state index in [1.54, 1.807) is 11.3 Å². The molecular weight excluding hydrogens is 442 g/mol. The summed E-state index contributed by atoms with van der Waals surface area (Å²) in [6.45, 7) is 4.23. The maximum Gasteiger partial charge on any atom is 0.234 e. The summed E-state index contributed by atoms with van der Waals surface area (Å²) >= 11 is 6.77. The van der Waals surface area contributed by atoms with E-state index in [9.17, 15) is 4.79 Å². The second-order valence-electron chi connectivity index (χ2n) is 6.92. The Morgan fingerprint density at radius 1 is 1.37 bits per heavy atom. The number of fused-ring (bicyclic) bond motifs is 3. The molecule has 1 atom stereocenters. The van der Waals surface area contributed by atoms with E-state index in [4.69, 9.17) is 0 Å². The van der Waals surface area contributed by atoms with Crippen molar-refractivity contribution in [2.45, 2.75) is 38.1 Å². The van der Waals surface area contributed by atoms with Gasteiger partial charge in [-0.1, -0.05) is 30.8 Å². The van der Waals surface area contributed by atoms with E-state index in [0.717, 1.165) is 44.6 Å². The van der Waals surface area contributed by atoms with Gasteiger partial charge in [-0.3, -0.25) is 4.79 Å². The summed E-state index contributed by atoms with van der Waals surface area (Å²) in [4.78, 5) is 24.3. The summed E-state index contributed by atoms with van der Waals surface area (Å²) in [6.07, 6.45) is 3.42. The van der Waals surface area contributed by atoms with Crippen LogP contribution in [0.3, 0.4) is 0 Å². The first kappa shape index (κ1) is 18.9. The number of para-hydroxylation sites is 1. The minimum Gasteiger partial charge on any atom is -0.324 e. The number of rotatable bonds is 4. The molecule has 1 aliphatic carbocycles. The molecule has 140 valence electrons. The number of hydrogen-bond donors (Lipinski definition) is 1. The Balaban J connectivity index is 1.57. The zero-order valence-corrected chi connectivity index (χ0v) is 18.4. The van der Waals surface area contributed by atoms with Crippen LogP contribution in [-0.2, 0) is 17.6 Å². The van der Waals surface area contributed by atoms with Crippen LogP contribution in [0.15, 0.2) is 33.8 Å². The lowest BCUT2D eigenvalue weighted by atomic mass is 9.89. The summed E-state index contributed by atoms with van der Waals surface area (Å²) in [5, 5.41) is 5.07. The predicted molar refractivity (Wildman–Crippen MR) is 117 cm³/mol. The number of aromatic nitrogens is 2. The number of amides is 1. The molecule has 1 amide bonds. The highest BCUT2D eigenvalue weighted by atomic mass is 79.9. The number of carbonyl (C=O) groups is 1. The normalized spacial score (nSPS) is 16.3. The van der Waals surface area contributed by atoms with Gasteiger partial charge in [0.2, 0.25) is 5.91 Å². The first-order chi connectivity index (χ1) is 13.0. The van der Waals surface area contributed by atoms with Gasteiger partial charge in [-0.25, -0.2) is 9.97 Å². The molecule has 0 saturated carbocycles. The second kappa shape index (κ2) is 7.89. The molecule has 4 nitrogen and oxygen atoms in total. The molecule has 0 bridgehead atoms. The summed E-state index contributed by atoms with van der Waals surface area (Å²) in [6, 6.07) is 7.63. The Labute approximate surface area is 175 Å². The topological polar surface area (TPSA) is 54.9 Å². The summed E-state index contributed by atoms with van der Waals surface area (Å²) in [7, 11) is 0. The third kappa shape index (κ3) is 4.05. The van der Waals surface area contributed by atoms with Crippen LogP contribution in [0.5, 0.6) is 0 Å². The molecule has 2 heterocycles. The van der Waals surface area contributed by atoms with Crippen LogP contribution in [0.1, 0.15) is 29.6 Å². The van der Waals surface area contributed by atoms with E-state index in [0.29, 0.717) is 5.75 Å². The number of carbonyl (C=O) groups excluding carboxylic acids is 1. The van der Waals surface area contributed by atoms with E-state index >= 15 is 0 Å². The average molecular weight is 462 g/mol. The fourth-order valence-corrected chi connectivity index (χ4v) is 6.18. The van der Waals surface area contributed by atoms with Crippen molar-refractivity contribution in [3.8, 4) is 0 Å². The number of thiophene rings is 1. The van der Waals surface area contributed by atoms with Crippen LogP contribution >= 0.6 is 39.0 Å². The van der Waals surface area contributed by atoms with Gasteiger partial charge in [0, 0.05) is 14.7 Å². The maximum absolute atomic E-state index is 12.4. The van der Waals surface area contributed by atoms with Gasteiger partial charge in [0.1, 0.15) is 15.7 Å². The SMILES string of the molecule is Cc1nc(SCC(=O)Nc2ccccc2Br)c2c3c(sc2n1)C[C@@H](C)CC3. The molecule has 0 unspecified atom stereocenters. The van der Waals surface area contributed by atoms with Gasteiger partial charge < -0.3 is 5.32 Å². The van der Waals surface area contributed by atoms with Crippen molar-refractivity contribution in [1.82, 2.24) is 9.97 Å². The van der Waals surface area contributed by atoms with E-state index in [2.05, 4.69) is 38.1 Å². The zero-order chi connectivity index (χ0) is 19.0. The molecule has 3 aromatic rings. The van der Waals surface area contributed by atoms with Gasteiger partial charge in [0.25, 0.3) is 0 Å². The quantitative estimate of drug-likeness (QED) is 0.404. The Morgan fingerprint density at radius 3 is 3.00 bits per heavy atom. The van der Waals surface area contributed by atoms with Gasteiger partial charge in [-0.05, 0) is 65.7 Å². The van der Waals surface area contributed by atoms with E-state index in [-0.39, 0.29) is 5.91 Å². The van der Waals surface area contributed by atoms with Crippen LogP contribution in [0.4, 0.5) is 5.69 Å². The number of thioether (sulfide) groups is 1. The fraction of sp³-hybridized carbons (Fsp3) is 0.350. The number of nitrogens with zero attached hydrogens (tertiary/aromatic N) is 2.